The molecule has 1 aromatic carbocycles. The molecule has 0 fully saturated rings. The molecule has 0 radical (unpaired) electrons. The summed E-state index contributed by atoms with van der Waals surface area (Å²) in [6.45, 7) is 6.04. The Hall–Kier alpha value is -1.42. The maximum Gasteiger partial charge on any atom is 0.200 e. The summed E-state index contributed by atoms with van der Waals surface area (Å²) < 4.78 is 11.2. The Labute approximate surface area is 115 Å². The molecule has 1 rings (SSSR count). The second-order valence-corrected chi connectivity index (χ2v) is 4.88. The van der Waals surface area contributed by atoms with E-state index in [4.69, 9.17) is 9.47 Å². The highest BCUT2D eigenvalue weighted by molar-refractivity contribution is 5.52. The van der Waals surface area contributed by atoms with Crippen molar-refractivity contribution in [2.24, 2.45) is 0 Å². The van der Waals surface area contributed by atoms with Gasteiger partial charge in [0.2, 0.25) is 5.75 Å². The minimum absolute atomic E-state index is 0.101. The quantitative estimate of drug-likeness (QED) is 0.786. The van der Waals surface area contributed by atoms with E-state index in [0.29, 0.717) is 24.7 Å². The van der Waals surface area contributed by atoms with Crippen molar-refractivity contribution in [2.45, 2.75) is 33.2 Å². The minimum Gasteiger partial charge on any atom is -0.502 e. The zero-order valence-electron chi connectivity index (χ0n) is 12.4. The van der Waals surface area contributed by atoms with Crippen molar-refractivity contribution < 1.29 is 14.6 Å². The first-order chi connectivity index (χ1) is 9.08. The molecule has 0 aliphatic heterocycles. The van der Waals surface area contributed by atoms with Crippen LogP contribution in [0.3, 0.4) is 0 Å². The second kappa shape index (κ2) is 7.89. The van der Waals surface area contributed by atoms with Gasteiger partial charge in [0.05, 0.1) is 13.2 Å². The summed E-state index contributed by atoms with van der Waals surface area (Å²) in [7, 11) is 4.01. The zero-order valence-corrected chi connectivity index (χ0v) is 12.4. The van der Waals surface area contributed by atoms with Gasteiger partial charge in [0, 0.05) is 6.54 Å². The van der Waals surface area contributed by atoms with Crippen LogP contribution in [-0.2, 0) is 6.54 Å². The first-order valence-electron chi connectivity index (χ1n) is 6.84. The van der Waals surface area contributed by atoms with Gasteiger partial charge in [0.15, 0.2) is 11.5 Å². The van der Waals surface area contributed by atoms with Gasteiger partial charge in [-0.05, 0) is 44.6 Å². The molecule has 0 aromatic heterocycles. The number of ether oxygens (including phenoxy) is 2. The summed E-state index contributed by atoms with van der Waals surface area (Å²) in [6, 6.07) is 3.76. The van der Waals surface area contributed by atoms with E-state index in [-0.39, 0.29) is 5.75 Å². The third-order valence-corrected chi connectivity index (χ3v) is 2.52. The lowest BCUT2D eigenvalue weighted by molar-refractivity contribution is 0.271. The van der Waals surface area contributed by atoms with Crippen molar-refractivity contribution in [3.05, 3.63) is 17.7 Å². The third-order valence-electron chi connectivity index (χ3n) is 2.52. The molecule has 4 nitrogen and oxygen atoms in total. The molecule has 0 aliphatic rings. The predicted molar refractivity (Wildman–Crippen MR) is 77.1 cm³/mol. The number of phenols is 1. The maximum atomic E-state index is 10.1. The lowest BCUT2D eigenvalue weighted by Gasteiger charge is -2.16. The van der Waals surface area contributed by atoms with Gasteiger partial charge in [0.25, 0.3) is 0 Å². The normalized spacial score (nSPS) is 10.8. The van der Waals surface area contributed by atoms with Crippen molar-refractivity contribution >= 4 is 0 Å². The molecule has 0 aliphatic carbocycles. The van der Waals surface area contributed by atoms with Crippen molar-refractivity contribution in [3.8, 4) is 17.2 Å². The largest absolute Gasteiger partial charge is 0.502 e. The summed E-state index contributed by atoms with van der Waals surface area (Å²) in [6.07, 6.45) is 1.81. The average molecular weight is 267 g/mol. The number of phenolic OH excluding ortho intramolecular Hbond substituents is 1. The molecule has 0 saturated carbocycles. The van der Waals surface area contributed by atoms with Gasteiger partial charge in [-0.25, -0.2) is 0 Å². The molecule has 0 unspecified atom stereocenters. The fourth-order valence-electron chi connectivity index (χ4n) is 1.74. The van der Waals surface area contributed by atoms with Crippen LogP contribution in [0.1, 0.15) is 32.3 Å². The fourth-order valence-corrected chi connectivity index (χ4v) is 1.74. The summed E-state index contributed by atoms with van der Waals surface area (Å²) in [5, 5.41) is 10.1. The van der Waals surface area contributed by atoms with Crippen molar-refractivity contribution in [1.29, 1.82) is 0 Å². The first kappa shape index (κ1) is 15.6. The van der Waals surface area contributed by atoms with E-state index in [0.717, 1.165) is 24.9 Å². The number of aromatic hydroxyl groups is 1. The van der Waals surface area contributed by atoms with E-state index in [9.17, 15) is 5.11 Å². The number of nitrogens with zero attached hydrogens (tertiary/aromatic N) is 1. The molecule has 108 valence electrons. The van der Waals surface area contributed by atoms with Crippen LogP contribution >= 0.6 is 0 Å². The van der Waals surface area contributed by atoms with Crippen molar-refractivity contribution in [3.63, 3.8) is 0 Å². The van der Waals surface area contributed by atoms with Crippen LogP contribution in [0.5, 0.6) is 17.2 Å². The third kappa shape index (κ3) is 4.99. The molecule has 0 spiro atoms. The molecular formula is C15H25NO3. The SMILES string of the molecule is CCCOc1cc(CN(C)C)cc(OCCC)c1O. The lowest BCUT2D eigenvalue weighted by Crippen LogP contribution is -2.11. The Morgan fingerprint density at radius 2 is 1.47 bits per heavy atom. The molecular weight excluding hydrogens is 242 g/mol. The van der Waals surface area contributed by atoms with Gasteiger partial charge < -0.3 is 19.5 Å². The summed E-state index contributed by atoms with van der Waals surface area (Å²) >= 11 is 0. The summed E-state index contributed by atoms with van der Waals surface area (Å²) in [5.41, 5.74) is 1.07. The molecule has 1 aromatic rings. The van der Waals surface area contributed by atoms with Crippen LogP contribution in [0.2, 0.25) is 0 Å². The first-order valence-corrected chi connectivity index (χ1v) is 6.84. The Kier molecular flexibility index (Phi) is 6.50. The zero-order chi connectivity index (χ0) is 14.3. The Morgan fingerprint density at radius 1 is 1.00 bits per heavy atom. The van der Waals surface area contributed by atoms with Gasteiger partial charge in [-0.15, -0.1) is 0 Å². The topological polar surface area (TPSA) is 41.9 Å². The van der Waals surface area contributed by atoms with Crippen molar-refractivity contribution in [2.75, 3.05) is 27.3 Å². The Balaban J connectivity index is 2.99. The van der Waals surface area contributed by atoms with Crippen LogP contribution in [0.4, 0.5) is 0 Å². The highest BCUT2D eigenvalue weighted by Crippen LogP contribution is 2.38. The molecule has 4 heteroatoms. The summed E-state index contributed by atoms with van der Waals surface area (Å²) in [4.78, 5) is 2.07. The molecule has 0 heterocycles. The number of rotatable bonds is 8. The fraction of sp³-hybridized carbons (Fsp3) is 0.600. The second-order valence-electron chi connectivity index (χ2n) is 4.88. The molecule has 0 bridgehead atoms. The average Bonchev–Trinajstić information content (AvgIpc) is 2.36. The molecule has 0 saturated heterocycles. The van der Waals surface area contributed by atoms with Gasteiger partial charge in [-0.2, -0.15) is 0 Å². The van der Waals surface area contributed by atoms with Crippen molar-refractivity contribution in [1.82, 2.24) is 4.90 Å². The van der Waals surface area contributed by atoms with Gasteiger partial charge in [-0.3, -0.25) is 0 Å². The predicted octanol–water partition coefficient (Wildman–Crippen LogP) is 3.03. The highest BCUT2D eigenvalue weighted by Gasteiger charge is 2.13. The molecule has 0 atom stereocenters. The lowest BCUT2D eigenvalue weighted by atomic mass is 10.1. The monoisotopic (exact) mass is 267 g/mol. The maximum absolute atomic E-state index is 10.1. The van der Waals surface area contributed by atoms with Crippen LogP contribution in [0.15, 0.2) is 12.1 Å². The number of hydrogen-bond acceptors (Lipinski definition) is 4. The highest BCUT2D eigenvalue weighted by atomic mass is 16.5. The number of hydrogen-bond donors (Lipinski definition) is 1. The van der Waals surface area contributed by atoms with E-state index in [2.05, 4.69) is 4.90 Å². The number of benzene rings is 1. The van der Waals surface area contributed by atoms with Crippen LogP contribution < -0.4 is 9.47 Å². The van der Waals surface area contributed by atoms with E-state index in [1.54, 1.807) is 0 Å². The van der Waals surface area contributed by atoms with Gasteiger partial charge in [0.1, 0.15) is 0 Å². The summed E-state index contributed by atoms with van der Waals surface area (Å²) in [5.74, 6) is 1.11. The van der Waals surface area contributed by atoms with E-state index < -0.39 is 0 Å². The van der Waals surface area contributed by atoms with Crippen LogP contribution in [0, 0.1) is 0 Å². The van der Waals surface area contributed by atoms with E-state index in [1.807, 2.05) is 40.1 Å². The Morgan fingerprint density at radius 3 is 1.84 bits per heavy atom. The minimum atomic E-state index is 0.101. The van der Waals surface area contributed by atoms with Crippen LogP contribution in [0.25, 0.3) is 0 Å². The van der Waals surface area contributed by atoms with E-state index >= 15 is 0 Å². The van der Waals surface area contributed by atoms with E-state index in [1.165, 1.54) is 0 Å². The Bertz CT molecular complexity index is 362. The van der Waals surface area contributed by atoms with Gasteiger partial charge >= 0.3 is 0 Å². The van der Waals surface area contributed by atoms with Crippen LogP contribution in [-0.4, -0.2) is 37.3 Å². The standard InChI is InChI=1S/C15H25NO3/c1-5-7-18-13-9-12(11-16(3)4)10-14(15(13)17)19-8-6-2/h9-10,17H,5-8,11H2,1-4H3. The molecule has 0 amide bonds. The molecule has 1 N–H and O–H groups in total. The smallest absolute Gasteiger partial charge is 0.200 e. The van der Waals surface area contributed by atoms with Gasteiger partial charge in [-0.1, -0.05) is 13.8 Å². The molecule has 19 heavy (non-hydrogen) atoms.